The smallest absolute Gasteiger partial charge is 0.190 e. The van der Waals surface area contributed by atoms with Gasteiger partial charge >= 0.3 is 0 Å². The topological polar surface area (TPSA) is 56.0 Å². The zero-order chi connectivity index (χ0) is 9.14. The summed E-state index contributed by atoms with van der Waals surface area (Å²) in [6.45, 7) is 1.68. The number of hydrogen-bond donors (Lipinski definition) is 1. The standard InChI is InChI=1S/C7H10N2OS2/c1-4(8)6(10)5-3-9-7(11-2)12-5/h3-4H,8H2,1-2H3. The zero-order valence-electron chi connectivity index (χ0n) is 6.90. The van der Waals surface area contributed by atoms with Gasteiger partial charge in [0.25, 0.3) is 0 Å². The SMILES string of the molecule is CSc1ncc(C(=O)C(C)N)s1. The summed E-state index contributed by atoms with van der Waals surface area (Å²) in [7, 11) is 0. The van der Waals surface area contributed by atoms with Crippen molar-refractivity contribution >= 4 is 28.9 Å². The van der Waals surface area contributed by atoms with E-state index in [0.29, 0.717) is 4.88 Å². The summed E-state index contributed by atoms with van der Waals surface area (Å²) in [6.07, 6.45) is 3.52. The Hall–Kier alpha value is -0.390. The Morgan fingerprint density at radius 1 is 1.83 bits per heavy atom. The molecule has 1 atom stereocenters. The molecule has 5 heteroatoms. The van der Waals surface area contributed by atoms with Crippen molar-refractivity contribution in [1.29, 1.82) is 0 Å². The van der Waals surface area contributed by atoms with Crippen LogP contribution in [-0.4, -0.2) is 23.1 Å². The van der Waals surface area contributed by atoms with Crippen LogP contribution in [0.4, 0.5) is 0 Å². The summed E-state index contributed by atoms with van der Waals surface area (Å²) in [4.78, 5) is 16.0. The first-order chi connectivity index (χ1) is 5.65. The summed E-state index contributed by atoms with van der Waals surface area (Å²) in [5, 5.41) is 0. The highest BCUT2D eigenvalue weighted by Gasteiger charge is 2.13. The molecule has 3 nitrogen and oxygen atoms in total. The van der Waals surface area contributed by atoms with Gasteiger partial charge in [-0.1, -0.05) is 11.8 Å². The van der Waals surface area contributed by atoms with E-state index in [0.717, 1.165) is 4.34 Å². The van der Waals surface area contributed by atoms with E-state index in [9.17, 15) is 4.79 Å². The molecule has 0 aromatic carbocycles. The molecule has 0 aliphatic heterocycles. The van der Waals surface area contributed by atoms with E-state index in [1.165, 1.54) is 23.1 Å². The third-order valence-corrected chi connectivity index (χ3v) is 3.33. The van der Waals surface area contributed by atoms with Crippen LogP contribution in [-0.2, 0) is 0 Å². The van der Waals surface area contributed by atoms with E-state index in [2.05, 4.69) is 4.98 Å². The molecule has 0 aliphatic rings. The summed E-state index contributed by atoms with van der Waals surface area (Å²) < 4.78 is 0.902. The molecule has 1 heterocycles. The molecule has 1 unspecified atom stereocenters. The maximum absolute atomic E-state index is 11.3. The second kappa shape index (κ2) is 4.02. The lowest BCUT2D eigenvalue weighted by atomic mass is 10.2. The largest absolute Gasteiger partial charge is 0.321 e. The number of thioether (sulfide) groups is 1. The van der Waals surface area contributed by atoms with Crippen LogP contribution in [0.15, 0.2) is 10.5 Å². The monoisotopic (exact) mass is 202 g/mol. The van der Waals surface area contributed by atoms with Gasteiger partial charge in [-0.25, -0.2) is 4.98 Å². The van der Waals surface area contributed by atoms with Crippen molar-refractivity contribution in [2.24, 2.45) is 5.73 Å². The van der Waals surface area contributed by atoms with E-state index in [1.807, 2.05) is 6.26 Å². The number of ketones is 1. The molecular formula is C7H10N2OS2. The number of carbonyl (C=O) groups is 1. The average molecular weight is 202 g/mol. The molecule has 0 aliphatic carbocycles. The predicted molar refractivity (Wildman–Crippen MR) is 51.9 cm³/mol. The van der Waals surface area contributed by atoms with Crippen LogP contribution in [0, 0.1) is 0 Å². The number of hydrogen-bond acceptors (Lipinski definition) is 5. The van der Waals surface area contributed by atoms with Crippen molar-refractivity contribution in [3.63, 3.8) is 0 Å². The molecule has 0 amide bonds. The Bertz CT molecular complexity index is 283. The van der Waals surface area contributed by atoms with Crippen molar-refractivity contribution in [1.82, 2.24) is 4.98 Å². The highest BCUT2D eigenvalue weighted by molar-refractivity contribution is 8.00. The zero-order valence-corrected chi connectivity index (χ0v) is 8.54. The quantitative estimate of drug-likeness (QED) is 0.594. The molecule has 1 aromatic rings. The van der Waals surface area contributed by atoms with E-state index < -0.39 is 6.04 Å². The van der Waals surface area contributed by atoms with Crippen LogP contribution in [0.2, 0.25) is 0 Å². The second-order valence-corrected chi connectivity index (χ2v) is 4.43. The van der Waals surface area contributed by atoms with Crippen LogP contribution in [0.1, 0.15) is 16.6 Å². The van der Waals surface area contributed by atoms with Crippen LogP contribution in [0.5, 0.6) is 0 Å². The molecule has 0 fully saturated rings. The molecular weight excluding hydrogens is 192 g/mol. The highest BCUT2D eigenvalue weighted by Crippen LogP contribution is 2.22. The van der Waals surface area contributed by atoms with E-state index >= 15 is 0 Å². The maximum atomic E-state index is 11.3. The number of nitrogens with two attached hydrogens (primary N) is 1. The predicted octanol–water partition coefficient (Wildman–Crippen LogP) is 1.39. The van der Waals surface area contributed by atoms with Crippen molar-refractivity contribution in [3.05, 3.63) is 11.1 Å². The fourth-order valence-corrected chi connectivity index (χ4v) is 2.14. The molecule has 12 heavy (non-hydrogen) atoms. The molecule has 66 valence electrons. The molecule has 0 saturated carbocycles. The van der Waals surface area contributed by atoms with Crippen LogP contribution in [0.25, 0.3) is 0 Å². The first-order valence-electron chi connectivity index (χ1n) is 3.44. The third-order valence-electron chi connectivity index (χ3n) is 1.32. The van der Waals surface area contributed by atoms with Gasteiger partial charge in [0.2, 0.25) is 0 Å². The number of carbonyl (C=O) groups excluding carboxylic acids is 1. The highest BCUT2D eigenvalue weighted by atomic mass is 32.2. The van der Waals surface area contributed by atoms with Gasteiger partial charge in [-0.2, -0.15) is 0 Å². The lowest BCUT2D eigenvalue weighted by Crippen LogP contribution is -2.25. The Balaban J connectivity index is 2.82. The lowest BCUT2D eigenvalue weighted by molar-refractivity contribution is 0.0971. The first-order valence-corrected chi connectivity index (χ1v) is 5.49. The van der Waals surface area contributed by atoms with Crippen molar-refractivity contribution in [2.75, 3.05) is 6.26 Å². The van der Waals surface area contributed by atoms with Crippen LogP contribution in [0.3, 0.4) is 0 Å². The Labute approximate surface area is 79.4 Å². The fraction of sp³-hybridized carbons (Fsp3) is 0.429. The van der Waals surface area contributed by atoms with Crippen molar-refractivity contribution < 1.29 is 4.79 Å². The summed E-state index contributed by atoms with van der Waals surface area (Å²) >= 11 is 2.92. The number of aromatic nitrogens is 1. The Kier molecular flexibility index (Phi) is 3.25. The van der Waals surface area contributed by atoms with Crippen LogP contribution < -0.4 is 5.73 Å². The van der Waals surface area contributed by atoms with E-state index in [-0.39, 0.29) is 5.78 Å². The van der Waals surface area contributed by atoms with Gasteiger partial charge in [0.1, 0.15) is 4.34 Å². The molecule has 0 saturated heterocycles. The molecule has 2 N–H and O–H groups in total. The summed E-state index contributed by atoms with van der Waals surface area (Å²) in [6, 6.07) is -0.430. The Morgan fingerprint density at radius 2 is 2.50 bits per heavy atom. The van der Waals surface area contributed by atoms with Gasteiger partial charge < -0.3 is 5.73 Å². The van der Waals surface area contributed by atoms with Crippen LogP contribution >= 0.6 is 23.1 Å². The number of nitrogens with zero attached hydrogens (tertiary/aromatic N) is 1. The molecule has 1 aromatic heterocycles. The first kappa shape index (κ1) is 9.70. The number of Topliss-reactive ketones (excluding diaryl/α,β-unsaturated/α-hetero) is 1. The fourth-order valence-electron chi connectivity index (χ4n) is 0.691. The molecule has 0 spiro atoms. The minimum Gasteiger partial charge on any atom is -0.321 e. The Morgan fingerprint density at radius 3 is 2.92 bits per heavy atom. The summed E-state index contributed by atoms with van der Waals surface area (Å²) in [5.74, 6) is -0.0344. The minimum atomic E-state index is -0.430. The minimum absolute atomic E-state index is 0.0344. The second-order valence-electron chi connectivity index (χ2n) is 2.35. The third kappa shape index (κ3) is 2.06. The molecule has 1 rings (SSSR count). The van der Waals surface area contributed by atoms with E-state index in [4.69, 9.17) is 5.73 Å². The van der Waals surface area contributed by atoms with Gasteiger partial charge in [-0.05, 0) is 13.2 Å². The summed E-state index contributed by atoms with van der Waals surface area (Å²) in [5.41, 5.74) is 5.44. The van der Waals surface area contributed by atoms with Gasteiger partial charge in [-0.15, -0.1) is 11.3 Å². The molecule has 0 radical (unpaired) electrons. The number of thiazole rings is 1. The van der Waals surface area contributed by atoms with Crippen molar-refractivity contribution in [2.45, 2.75) is 17.3 Å². The van der Waals surface area contributed by atoms with Gasteiger partial charge in [0.15, 0.2) is 5.78 Å². The normalized spacial score (nSPS) is 12.9. The van der Waals surface area contributed by atoms with Gasteiger partial charge in [-0.3, -0.25) is 4.79 Å². The van der Waals surface area contributed by atoms with Gasteiger partial charge in [0.05, 0.1) is 17.1 Å². The maximum Gasteiger partial charge on any atom is 0.190 e. The number of rotatable bonds is 3. The van der Waals surface area contributed by atoms with E-state index in [1.54, 1.807) is 13.1 Å². The molecule has 0 bridgehead atoms. The average Bonchev–Trinajstić information content (AvgIpc) is 2.50. The lowest BCUT2D eigenvalue weighted by Gasteiger charge is -1.98. The van der Waals surface area contributed by atoms with Crippen molar-refractivity contribution in [3.8, 4) is 0 Å². The van der Waals surface area contributed by atoms with Gasteiger partial charge in [0, 0.05) is 0 Å².